The molecule has 1 unspecified atom stereocenters. The molecule has 21 heavy (non-hydrogen) atoms. The van der Waals surface area contributed by atoms with Crippen LogP contribution in [0, 0.1) is 5.41 Å². The van der Waals surface area contributed by atoms with Crippen LogP contribution in [0.25, 0.3) is 0 Å². The van der Waals surface area contributed by atoms with Crippen molar-refractivity contribution in [2.75, 3.05) is 0 Å². The van der Waals surface area contributed by atoms with E-state index in [1.54, 1.807) is 6.20 Å². The summed E-state index contributed by atoms with van der Waals surface area (Å²) in [5, 5.41) is 0. The maximum atomic E-state index is 6.39. The number of nitrogens with zero attached hydrogens (tertiary/aromatic N) is 1. The molecule has 0 saturated heterocycles. The first-order valence-electron chi connectivity index (χ1n) is 7.50. The lowest BCUT2D eigenvalue weighted by atomic mass is 9.82. The second-order valence-corrected chi connectivity index (χ2v) is 6.34. The van der Waals surface area contributed by atoms with E-state index in [1.807, 2.05) is 19.1 Å². The fourth-order valence-electron chi connectivity index (χ4n) is 2.64. The molecule has 0 heterocycles. The second kappa shape index (κ2) is 7.94. The standard InChI is InChI=1S/C19H28N2/c1-6-10-17(21-7-2)18(20)16-11-8-9-12-19(4,5)14-15(3)13-16/h6-11,13,18H,2,12,14,20H2,1,3-5H3/b9-8+,10-6-,15-13?,16-11?,21-17?. The molecule has 0 bridgehead atoms. The Labute approximate surface area is 129 Å². The monoisotopic (exact) mass is 284 g/mol. The molecule has 1 rings (SSSR count). The van der Waals surface area contributed by atoms with Gasteiger partial charge in [-0.2, -0.15) is 0 Å². The van der Waals surface area contributed by atoms with E-state index in [1.165, 1.54) is 5.57 Å². The number of aliphatic imine (C=N–C) groups is 1. The summed E-state index contributed by atoms with van der Waals surface area (Å²) >= 11 is 0. The highest BCUT2D eigenvalue weighted by Crippen LogP contribution is 2.31. The zero-order chi connectivity index (χ0) is 15.9. The molecule has 114 valence electrons. The molecule has 0 aromatic rings. The Balaban J connectivity index is 3.14. The molecule has 0 aromatic carbocycles. The van der Waals surface area contributed by atoms with Gasteiger partial charge in [-0.3, -0.25) is 4.99 Å². The summed E-state index contributed by atoms with van der Waals surface area (Å²) in [4.78, 5) is 4.29. The molecular weight excluding hydrogens is 256 g/mol. The van der Waals surface area contributed by atoms with Crippen LogP contribution in [0.4, 0.5) is 0 Å². The van der Waals surface area contributed by atoms with E-state index in [-0.39, 0.29) is 11.5 Å². The predicted octanol–water partition coefficient (Wildman–Crippen LogP) is 4.72. The van der Waals surface area contributed by atoms with Crippen LogP contribution in [0.15, 0.2) is 65.4 Å². The highest BCUT2D eigenvalue weighted by atomic mass is 14.8. The average molecular weight is 284 g/mol. The van der Waals surface area contributed by atoms with Crippen LogP contribution < -0.4 is 5.73 Å². The van der Waals surface area contributed by atoms with Gasteiger partial charge in [0.1, 0.15) is 0 Å². The molecule has 0 amide bonds. The van der Waals surface area contributed by atoms with E-state index < -0.39 is 0 Å². The molecule has 1 atom stereocenters. The largest absolute Gasteiger partial charge is 0.319 e. The first kappa shape index (κ1) is 17.4. The van der Waals surface area contributed by atoms with Crippen LogP contribution in [0.1, 0.15) is 40.5 Å². The lowest BCUT2D eigenvalue weighted by Gasteiger charge is -2.23. The van der Waals surface area contributed by atoms with E-state index in [9.17, 15) is 0 Å². The van der Waals surface area contributed by atoms with Crippen LogP contribution in [0.5, 0.6) is 0 Å². The maximum Gasteiger partial charge on any atom is 0.0726 e. The van der Waals surface area contributed by atoms with Gasteiger partial charge in [-0.1, -0.05) is 56.4 Å². The quantitative estimate of drug-likeness (QED) is 0.745. The lowest BCUT2D eigenvalue weighted by Crippen LogP contribution is -2.31. The lowest BCUT2D eigenvalue weighted by molar-refractivity contribution is 0.368. The minimum Gasteiger partial charge on any atom is -0.319 e. The second-order valence-electron chi connectivity index (χ2n) is 6.34. The van der Waals surface area contributed by atoms with Crippen molar-refractivity contribution in [3.8, 4) is 0 Å². The molecule has 2 nitrogen and oxygen atoms in total. The maximum absolute atomic E-state index is 6.39. The Bertz CT molecular complexity index is 514. The van der Waals surface area contributed by atoms with E-state index in [0.29, 0.717) is 0 Å². The van der Waals surface area contributed by atoms with Gasteiger partial charge >= 0.3 is 0 Å². The van der Waals surface area contributed by atoms with Gasteiger partial charge in [-0.15, -0.1) is 0 Å². The van der Waals surface area contributed by atoms with Crippen LogP contribution in [-0.2, 0) is 0 Å². The first-order valence-corrected chi connectivity index (χ1v) is 7.50. The van der Waals surface area contributed by atoms with Crippen molar-refractivity contribution in [3.63, 3.8) is 0 Å². The van der Waals surface area contributed by atoms with Gasteiger partial charge in [0, 0.05) is 6.20 Å². The fourth-order valence-corrected chi connectivity index (χ4v) is 2.64. The SMILES string of the molecule is C=CN=C(/C=C\C)C(N)C1=C/C=C/CC(C)(C)CC(C)=C1. The molecule has 1 aliphatic carbocycles. The molecule has 0 fully saturated rings. The van der Waals surface area contributed by atoms with Gasteiger partial charge in [-0.25, -0.2) is 0 Å². The van der Waals surface area contributed by atoms with Gasteiger partial charge < -0.3 is 5.73 Å². The highest BCUT2D eigenvalue weighted by Gasteiger charge is 2.19. The predicted molar refractivity (Wildman–Crippen MR) is 94.4 cm³/mol. The number of rotatable bonds is 4. The number of allylic oxidation sites excluding steroid dienone is 5. The Hall–Kier alpha value is -1.67. The van der Waals surface area contributed by atoms with Gasteiger partial charge in [0.25, 0.3) is 0 Å². The third-order valence-electron chi connectivity index (χ3n) is 3.52. The van der Waals surface area contributed by atoms with Crippen molar-refractivity contribution in [1.82, 2.24) is 0 Å². The third kappa shape index (κ3) is 5.68. The highest BCUT2D eigenvalue weighted by molar-refractivity contribution is 6.02. The summed E-state index contributed by atoms with van der Waals surface area (Å²) in [5.74, 6) is 0. The number of hydrogen-bond donors (Lipinski definition) is 1. The smallest absolute Gasteiger partial charge is 0.0726 e. The Kier molecular flexibility index (Phi) is 6.57. The average Bonchev–Trinajstić information content (AvgIpc) is 2.46. The normalized spacial score (nSPS) is 22.6. The Morgan fingerprint density at radius 1 is 1.48 bits per heavy atom. The molecule has 2 N–H and O–H groups in total. The summed E-state index contributed by atoms with van der Waals surface area (Å²) in [6.45, 7) is 12.4. The Morgan fingerprint density at radius 3 is 2.81 bits per heavy atom. The van der Waals surface area contributed by atoms with Crippen molar-refractivity contribution in [2.24, 2.45) is 16.1 Å². The Morgan fingerprint density at radius 2 is 2.19 bits per heavy atom. The van der Waals surface area contributed by atoms with Crippen LogP contribution in [0.2, 0.25) is 0 Å². The summed E-state index contributed by atoms with van der Waals surface area (Å²) in [6.07, 6.45) is 16.2. The van der Waals surface area contributed by atoms with Crippen molar-refractivity contribution in [3.05, 3.63) is 60.4 Å². The third-order valence-corrected chi connectivity index (χ3v) is 3.52. The minimum absolute atomic E-state index is 0.236. The van der Waals surface area contributed by atoms with Crippen LogP contribution in [0.3, 0.4) is 0 Å². The molecule has 0 radical (unpaired) electrons. The van der Waals surface area contributed by atoms with Gasteiger partial charge in [0.2, 0.25) is 0 Å². The van der Waals surface area contributed by atoms with Crippen molar-refractivity contribution in [2.45, 2.75) is 46.6 Å². The molecule has 2 heteroatoms. The molecule has 0 aromatic heterocycles. The van der Waals surface area contributed by atoms with Crippen LogP contribution in [-0.4, -0.2) is 11.8 Å². The zero-order valence-corrected chi connectivity index (χ0v) is 13.8. The zero-order valence-electron chi connectivity index (χ0n) is 13.8. The van der Waals surface area contributed by atoms with E-state index in [4.69, 9.17) is 5.73 Å². The van der Waals surface area contributed by atoms with Crippen molar-refractivity contribution in [1.29, 1.82) is 0 Å². The summed E-state index contributed by atoms with van der Waals surface area (Å²) in [6, 6.07) is -0.236. The van der Waals surface area contributed by atoms with E-state index in [0.717, 1.165) is 24.1 Å². The molecular formula is C19H28N2. The molecule has 0 spiro atoms. The van der Waals surface area contributed by atoms with Crippen molar-refractivity contribution < 1.29 is 0 Å². The van der Waals surface area contributed by atoms with Gasteiger partial charge in [-0.05, 0) is 43.8 Å². The van der Waals surface area contributed by atoms with Crippen LogP contribution >= 0.6 is 0 Å². The van der Waals surface area contributed by atoms with Gasteiger partial charge in [0.05, 0.1) is 11.8 Å². The first-order chi connectivity index (χ1) is 9.89. The fraction of sp³-hybridized carbons (Fsp3) is 0.421. The molecule has 0 aliphatic heterocycles. The minimum atomic E-state index is -0.236. The summed E-state index contributed by atoms with van der Waals surface area (Å²) in [7, 11) is 0. The summed E-state index contributed by atoms with van der Waals surface area (Å²) < 4.78 is 0. The molecule has 1 aliphatic rings. The summed E-state index contributed by atoms with van der Waals surface area (Å²) in [5.41, 5.74) is 9.94. The number of hydrogen-bond acceptors (Lipinski definition) is 2. The van der Waals surface area contributed by atoms with Crippen molar-refractivity contribution >= 4 is 5.71 Å². The van der Waals surface area contributed by atoms with E-state index in [2.05, 4.69) is 56.6 Å². The topological polar surface area (TPSA) is 38.4 Å². The van der Waals surface area contributed by atoms with Gasteiger partial charge in [0.15, 0.2) is 0 Å². The number of nitrogens with two attached hydrogens (primary N) is 1. The van der Waals surface area contributed by atoms with E-state index >= 15 is 0 Å². The molecule has 0 saturated carbocycles.